The van der Waals surface area contributed by atoms with Gasteiger partial charge in [-0.05, 0) is 51.2 Å². The molecule has 0 spiro atoms. The highest BCUT2D eigenvalue weighted by molar-refractivity contribution is 6.25. The lowest BCUT2D eigenvalue weighted by Gasteiger charge is -2.17. The van der Waals surface area contributed by atoms with Crippen molar-refractivity contribution in [3.05, 3.63) is 182 Å². The molecule has 0 aliphatic heterocycles. The van der Waals surface area contributed by atoms with E-state index in [1.54, 1.807) is 0 Å². The first-order valence-corrected chi connectivity index (χ1v) is 18.9. The SMILES string of the molecule is c1ccc(-c2nc(-c3cccc4ccccc34)nc(-c3c4ccccc4c(-n4c5ccccc5c5cc6ccccc6cc54)c4oc5ccccc5c34)n2)cc1. The van der Waals surface area contributed by atoms with Gasteiger partial charge in [0.2, 0.25) is 0 Å². The maximum Gasteiger partial charge on any atom is 0.165 e. The number of hydrogen-bond acceptors (Lipinski definition) is 4. The minimum absolute atomic E-state index is 0.592. The molecule has 5 heteroatoms. The zero-order valence-electron chi connectivity index (χ0n) is 30.0. The van der Waals surface area contributed by atoms with E-state index in [1.165, 1.54) is 21.5 Å². The fraction of sp³-hybridized carbons (Fsp3) is 0. The van der Waals surface area contributed by atoms with E-state index in [1.807, 2.05) is 24.3 Å². The summed E-state index contributed by atoms with van der Waals surface area (Å²) in [5.41, 5.74) is 7.60. The normalized spacial score (nSPS) is 11.9. The van der Waals surface area contributed by atoms with Gasteiger partial charge >= 0.3 is 0 Å². The molecule has 56 heavy (non-hydrogen) atoms. The van der Waals surface area contributed by atoms with Crippen molar-refractivity contribution in [3.8, 4) is 39.9 Å². The van der Waals surface area contributed by atoms with Crippen molar-refractivity contribution in [2.45, 2.75) is 0 Å². The van der Waals surface area contributed by atoms with Crippen molar-refractivity contribution >= 4 is 76.1 Å². The summed E-state index contributed by atoms with van der Waals surface area (Å²) in [6, 6.07) is 63.7. The molecule has 0 aliphatic carbocycles. The molecule has 0 bridgehead atoms. The van der Waals surface area contributed by atoms with Crippen LogP contribution in [0.4, 0.5) is 0 Å². The van der Waals surface area contributed by atoms with Gasteiger partial charge in [-0.15, -0.1) is 0 Å². The third kappa shape index (κ3) is 4.52. The van der Waals surface area contributed by atoms with Gasteiger partial charge in [0.1, 0.15) is 5.58 Å². The van der Waals surface area contributed by atoms with Crippen molar-refractivity contribution < 1.29 is 4.42 Å². The fourth-order valence-electron chi connectivity index (χ4n) is 8.72. The number of furan rings is 1. The number of fused-ring (bicyclic) bond motifs is 9. The molecule has 0 radical (unpaired) electrons. The smallest absolute Gasteiger partial charge is 0.165 e. The zero-order valence-corrected chi connectivity index (χ0v) is 30.0. The summed E-state index contributed by atoms with van der Waals surface area (Å²) in [6.45, 7) is 0. The molecule has 9 aromatic carbocycles. The van der Waals surface area contributed by atoms with E-state index in [0.29, 0.717) is 17.5 Å². The summed E-state index contributed by atoms with van der Waals surface area (Å²) < 4.78 is 9.46. The van der Waals surface area contributed by atoms with Gasteiger partial charge < -0.3 is 8.98 Å². The van der Waals surface area contributed by atoms with Crippen LogP contribution in [0.2, 0.25) is 0 Å². The number of rotatable bonds is 4. The Hall–Kier alpha value is -7.63. The average molecular weight is 715 g/mol. The van der Waals surface area contributed by atoms with Crippen LogP contribution >= 0.6 is 0 Å². The van der Waals surface area contributed by atoms with Crippen LogP contribution in [0.5, 0.6) is 0 Å². The van der Waals surface area contributed by atoms with E-state index in [4.69, 9.17) is 19.4 Å². The molecule has 0 amide bonds. The maximum atomic E-state index is 7.06. The Balaban J connectivity index is 1.25. The van der Waals surface area contributed by atoms with Crippen molar-refractivity contribution in [3.63, 3.8) is 0 Å². The molecule has 0 saturated carbocycles. The number of benzene rings is 9. The highest BCUT2D eigenvalue weighted by Crippen LogP contribution is 2.47. The molecule has 260 valence electrons. The topological polar surface area (TPSA) is 56.7 Å². The molecule has 0 saturated heterocycles. The molecular weight excluding hydrogens is 685 g/mol. The summed E-state index contributed by atoms with van der Waals surface area (Å²) in [7, 11) is 0. The van der Waals surface area contributed by atoms with Crippen LogP contribution in [-0.2, 0) is 0 Å². The third-order valence-electron chi connectivity index (χ3n) is 11.2. The van der Waals surface area contributed by atoms with E-state index < -0.39 is 0 Å². The van der Waals surface area contributed by atoms with Gasteiger partial charge in [0.15, 0.2) is 23.1 Å². The Bertz CT molecular complexity index is 3540. The molecule has 3 aromatic heterocycles. The monoisotopic (exact) mass is 714 g/mol. The average Bonchev–Trinajstić information content (AvgIpc) is 3.80. The van der Waals surface area contributed by atoms with E-state index in [9.17, 15) is 0 Å². The molecule has 12 rings (SSSR count). The van der Waals surface area contributed by atoms with E-state index in [-0.39, 0.29) is 0 Å². The summed E-state index contributed by atoms with van der Waals surface area (Å²) in [5, 5.41) is 11.0. The maximum absolute atomic E-state index is 7.06. The number of hydrogen-bond donors (Lipinski definition) is 0. The van der Waals surface area contributed by atoms with Gasteiger partial charge in [0.25, 0.3) is 0 Å². The lowest BCUT2D eigenvalue weighted by molar-refractivity contribution is 0.667. The molecule has 5 nitrogen and oxygen atoms in total. The molecule has 12 aromatic rings. The first-order valence-electron chi connectivity index (χ1n) is 18.9. The quantitative estimate of drug-likeness (QED) is 0.182. The van der Waals surface area contributed by atoms with Gasteiger partial charge in [0, 0.05) is 43.6 Å². The van der Waals surface area contributed by atoms with Crippen molar-refractivity contribution in [2.24, 2.45) is 0 Å². The Morgan fingerprint density at radius 1 is 0.393 bits per heavy atom. The Morgan fingerprint density at radius 2 is 1.00 bits per heavy atom. The second kappa shape index (κ2) is 11.9. The third-order valence-corrected chi connectivity index (χ3v) is 11.2. The van der Waals surface area contributed by atoms with Crippen molar-refractivity contribution in [1.82, 2.24) is 19.5 Å². The highest BCUT2D eigenvalue weighted by atomic mass is 16.3. The summed E-state index contributed by atoms with van der Waals surface area (Å²) >= 11 is 0. The Morgan fingerprint density at radius 3 is 1.84 bits per heavy atom. The summed E-state index contributed by atoms with van der Waals surface area (Å²) in [4.78, 5) is 15.9. The predicted molar refractivity (Wildman–Crippen MR) is 230 cm³/mol. The first-order chi connectivity index (χ1) is 27.8. The standard InChI is InChI=1S/C51H30N4O/c1-2-16-32(17-3-1)49-52-50(39-26-14-20-31-15-6-7-21-35(31)39)54-51(53-49)46-37-23-8-9-24-38(37)47(48-45(46)40-25-11-13-28-44(40)56-48)55-42-27-12-10-22-36(42)41-29-33-18-4-5-19-34(33)30-43(41)55/h1-30H. The van der Waals surface area contributed by atoms with Crippen LogP contribution < -0.4 is 0 Å². The molecular formula is C51H30N4O. The summed E-state index contributed by atoms with van der Waals surface area (Å²) in [5.74, 6) is 1.82. The number of aromatic nitrogens is 4. The van der Waals surface area contributed by atoms with Crippen LogP contribution in [0.25, 0.3) is 116 Å². The molecule has 0 unspecified atom stereocenters. The Kier molecular flexibility index (Phi) is 6.56. The van der Waals surface area contributed by atoms with Crippen molar-refractivity contribution in [2.75, 3.05) is 0 Å². The zero-order chi connectivity index (χ0) is 36.7. The molecule has 0 N–H and O–H groups in total. The predicted octanol–water partition coefficient (Wildman–Crippen LogP) is 13.3. The second-order valence-corrected chi connectivity index (χ2v) is 14.3. The van der Waals surface area contributed by atoms with Gasteiger partial charge in [-0.2, -0.15) is 0 Å². The van der Waals surface area contributed by atoms with Crippen LogP contribution in [-0.4, -0.2) is 19.5 Å². The molecule has 0 aliphatic rings. The fourth-order valence-corrected chi connectivity index (χ4v) is 8.72. The highest BCUT2D eigenvalue weighted by Gasteiger charge is 2.27. The van der Waals surface area contributed by atoms with Crippen LogP contribution in [0, 0.1) is 0 Å². The first kappa shape index (κ1) is 30.8. The van der Waals surface area contributed by atoms with E-state index in [2.05, 4.69) is 162 Å². The van der Waals surface area contributed by atoms with Gasteiger partial charge in [-0.1, -0.05) is 158 Å². The van der Waals surface area contributed by atoms with E-state index >= 15 is 0 Å². The van der Waals surface area contributed by atoms with E-state index in [0.717, 1.165) is 76.9 Å². The van der Waals surface area contributed by atoms with Gasteiger partial charge in [-0.25, -0.2) is 15.0 Å². The molecule has 0 fully saturated rings. The molecule has 3 heterocycles. The summed E-state index contributed by atoms with van der Waals surface area (Å²) in [6.07, 6.45) is 0. The number of para-hydroxylation sites is 2. The lowest BCUT2D eigenvalue weighted by Crippen LogP contribution is -2.03. The van der Waals surface area contributed by atoms with Gasteiger partial charge in [0.05, 0.1) is 16.7 Å². The second-order valence-electron chi connectivity index (χ2n) is 14.3. The van der Waals surface area contributed by atoms with Crippen LogP contribution in [0.3, 0.4) is 0 Å². The van der Waals surface area contributed by atoms with Crippen LogP contribution in [0.15, 0.2) is 186 Å². The minimum atomic E-state index is 0.592. The number of nitrogens with zero attached hydrogens (tertiary/aromatic N) is 4. The van der Waals surface area contributed by atoms with Gasteiger partial charge in [-0.3, -0.25) is 0 Å². The van der Waals surface area contributed by atoms with Crippen molar-refractivity contribution in [1.29, 1.82) is 0 Å². The lowest BCUT2D eigenvalue weighted by atomic mass is 9.95. The Labute approximate surface area is 320 Å². The molecule has 0 atom stereocenters. The van der Waals surface area contributed by atoms with Crippen LogP contribution in [0.1, 0.15) is 0 Å². The largest absolute Gasteiger partial charge is 0.454 e. The minimum Gasteiger partial charge on any atom is -0.454 e.